The maximum atomic E-state index is 14.7. The molecular weight excluding hydrogens is 316 g/mol. The predicted octanol–water partition coefficient (Wildman–Crippen LogP) is 4.21. The SMILES string of the molecule is CC.CCN1C(=O)C(C)(C)c2c(F)c(C3CC3)cc(F)c21.O=CO. The number of amides is 1. The first-order chi connectivity index (χ1) is 11.3. The van der Waals surface area contributed by atoms with Crippen molar-refractivity contribution < 1.29 is 23.5 Å². The summed E-state index contributed by atoms with van der Waals surface area (Å²) in [5.74, 6) is -0.954. The molecule has 1 N–H and O–H groups in total. The van der Waals surface area contributed by atoms with Gasteiger partial charge in [-0.3, -0.25) is 9.59 Å². The Kier molecular flexibility index (Phi) is 6.46. The number of carbonyl (C=O) groups is 2. The van der Waals surface area contributed by atoms with E-state index in [1.54, 1.807) is 20.8 Å². The summed E-state index contributed by atoms with van der Waals surface area (Å²) < 4.78 is 29.0. The fourth-order valence-electron chi connectivity index (χ4n) is 3.01. The first-order valence-corrected chi connectivity index (χ1v) is 8.23. The molecule has 1 aromatic rings. The molecule has 1 aliphatic heterocycles. The topological polar surface area (TPSA) is 57.6 Å². The third-order valence-corrected chi connectivity index (χ3v) is 4.23. The van der Waals surface area contributed by atoms with E-state index >= 15 is 0 Å². The highest BCUT2D eigenvalue weighted by atomic mass is 19.1. The maximum absolute atomic E-state index is 14.7. The molecule has 1 aromatic carbocycles. The van der Waals surface area contributed by atoms with E-state index in [1.807, 2.05) is 13.8 Å². The van der Waals surface area contributed by atoms with Crippen molar-refractivity contribution in [3.63, 3.8) is 0 Å². The summed E-state index contributed by atoms with van der Waals surface area (Å²) in [6.45, 7) is 9.22. The summed E-state index contributed by atoms with van der Waals surface area (Å²) in [4.78, 5) is 22.0. The molecule has 0 bridgehead atoms. The Morgan fingerprint density at radius 3 is 2.25 bits per heavy atom. The van der Waals surface area contributed by atoms with Gasteiger partial charge in [0, 0.05) is 12.1 Å². The minimum atomic E-state index is -0.985. The van der Waals surface area contributed by atoms with Crippen LogP contribution in [0.5, 0.6) is 0 Å². The zero-order valence-corrected chi connectivity index (χ0v) is 14.8. The number of fused-ring (bicyclic) bond motifs is 1. The fourth-order valence-corrected chi connectivity index (χ4v) is 3.01. The van der Waals surface area contributed by atoms with Crippen LogP contribution in [0.3, 0.4) is 0 Å². The zero-order chi connectivity index (χ0) is 18.7. The van der Waals surface area contributed by atoms with Gasteiger partial charge in [-0.1, -0.05) is 13.8 Å². The molecule has 1 fully saturated rings. The van der Waals surface area contributed by atoms with Crippen molar-refractivity contribution in [3.05, 3.63) is 28.8 Å². The number of likely N-dealkylation sites (N-methyl/N-ethyl adjacent to an activating group) is 1. The monoisotopic (exact) mass is 341 g/mol. The molecular formula is C18H25F2NO3. The third-order valence-electron chi connectivity index (χ3n) is 4.23. The van der Waals surface area contributed by atoms with Gasteiger partial charge < -0.3 is 10.0 Å². The van der Waals surface area contributed by atoms with Crippen LogP contribution in [0.25, 0.3) is 0 Å². The number of hydrogen-bond donors (Lipinski definition) is 1. The summed E-state index contributed by atoms with van der Waals surface area (Å²) in [6.07, 6.45) is 1.81. The summed E-state index contributed by atoms with van der Waals surface area (Å²) >= 11 is 0. The van der Waals surface area contributed by atoms with Crippen LogP contribution in [-0.4, -0.2) is 24.0 Å². The molecule has 2 aliphatic rings. The van der Waals surface area contributed by atoms with Crippen molar-refractivity contribution in [2.45, 2.75) is 58.8 Å². The molecule has 0 saturated heterocycles. The standard InChI is InChI=1S/C15H17F2NO.C2H6.CH2O2/c1-4-18-13-10(16)7-9(8-5-6-8)12(17)11(13)15(2,3)14(18)19;1-2;2-1-3/h7-8H,4-6H2,1-3H3;1-2H3;1H,(H,2,3). The van der Waals surface area contributed by atoms with Crippen molar-refractivity contribution in [2.75, 3.05) is 11.4 Å². The lowest BCUT2D eigenvalue weighted by Gasteiger charge is -2.18. The normalized spacial score (nSPS) is 17.3. The Bertz CT molecular complexity index is 625. The third kappa shape index (κ3) is 3.28. The quantitative estimate of drug-likeness (QED) is 0.820. The molecule has 0 atom stereocenters. The van der Waals surface area contributed by atoms with E-state index in [1.165, 1.54) is 11.0 Å². The van der Waals surface area contributed by atoms with Gasteiger partial charge in [0.05, 0.1) is 11.1 Å². The molecule has 24 heavy (non-hydrogen) atoms. The second-order valence-corrected chi connectivity index (χ2v) is 6.04. The van der Waals surface area contributed by atoms with Crippen LogP contribution < -0.4 is 4.90 Å². The molecule has 1 amide bonds. The number of carboxylic acid groups (broad SMARTS) is 1. The number of carbonyl (C=O) groups excluding carboxylic acids is 1. The fraction of sp³-hybridized carbons (Fsp3) is 0.556. The molecule has 1 heterocycles. The van der Waals surface area contributed by atoms with Crippen LogP contribution in [0, 0.1) is 11.6 Å². The molecule has 4 nitrogen and oxygen atoms in total. The largest absolute Gasteiger partial charge is 0.483 e. The molecule has 0 spiro atoms. The number of hydrogen-bond acceptors (Lipinski definition) is 2. The minimum Gasteiger partial charge on any atom is -0.483 e. The molecule has 1 saturated carbocycles. The lowest BCUT2D eigenvalue weighted by molar-refractivity contribution is -0.123. The Morgan fingerprint density at radius 2 is 1.83 bits per heavy atom. The van der Waals surface area contributed by atoms with E-state index in [2.05, 4.69) is 0 Å². The van der Waals surface area contributed by atoms with Gasteiger partial charge in [-0.05, 0) is 51.2 Å². The summed E-state index contributed by atoms with van der Waals surface area (Å²) in [5, 5.41) is 6.89. The van der Waals surface area contributed by atoms with E-state index in [0.29, 0.717) is 12.1 Å². The Labute approximate surface area is 141 Å². The van der Waals surface area contributed by atoms with Crippen LogP contribution in [0.2, 0.25) is 0 Å². The lowest BCUT2D eigenvalue weighted by Crippen LogP contribution is -2.36. The van der Waals surface area contributed by atoms with E-state index < -0.39 is 11.2 Å². The summed E-state index contributed by atoms with van der Waals surface area (Å²) in [6, 6.07) is 1.28. The Hall–Kier alpha value is -1.98. The smallest absolute Gasteiger partial charge is 0.290 e. The molecule has 1 aliphatic carbocycles. The van der Waals surface area contributed by atoms with Gasteiger partial charge in [0.15, 0.2) is 0 Å². The lowest BCUT2D eigenvalue weighted by atomic mass is 9.84. The number of nitrogens with zero attached hydrogens (tertiary/aromatic N) is 1. The molecule has 3 rings (SSSR count). The minimum absolute atomic E-state index is 0.126. The van der Waals surface area contributed by atoms with Crippen molar-refractivity contribution in [3.8, 4) is 0 Å². The van der Waals surface area contributed by atoms with E-state index in [0.717, 1.165) is 12.8 Å². The van der Waals surface area contributed by atoms with Gasteiger partial charge in [-0.2, -0.15) is 0 Å². The van der Waals surface area contributed by atoms with Crippen LogP contribution in [0.4, 0.5) is 14.5 Å². The van der Waals surface area contributed by atoms with Crippen LogP contribution in [-0.2, 0) is 15.0 Å². The highest BCUT2D eigenvalue weighted by molar-refractivity contribution is 6.07. The molecule has 0 unspecified atom stereocenters. The Balaban J connectivity index is 0.000000521. The van der Waals surface area contributed by atoms with Crippen LogP contribution in [0.1, 0.15) is 64.5 Å². The van der Waals surface area contributed by atoms with Gasteiger partial charge in [0.1, 0.15) is 11.6 Å². The summed E-state index contributed by atoms with van der Waals surface area (Å²) in [5.41, 5.74) is -0.169. The molecule has 6 heteroatoms. The van der Waals surface area contributed by atoms with Crippen molar-refractivity contribution in [1.82, 2.24) is 0 Å². The Morgan fingerprint density at radius 1 is 1.33 bits per heavy atom. The zero-order valence-electron chi connectivity index (χ0n) is 14.8. The average Bonchev–Trinajstić information content (AvgIpc) is 3.35. The molecule has 134 valence electrons. The van der Waals surface area contributed by atoms with Crippen molar-refractivity contribution >= 4 is 18.1 Å². The maximum Gasteiger partial charge on any atom is 0.290 e. The van der Waals surface area contributed by atoms with Crippen molar-refractivity contribution in [1.29, 1.82) is 0 Å². The number of anilines is 1. The predicted molar refractivity (Wildman–Crippen MR) is 89.4 cm³/mol. The molecule has 0 aromatic heterocycles. The van der Waals surface area contributed by atoms with Crippen LogP contribution >= 0.6 is 0 Å². The second kappa shape index (κ2) is 7.73. The summed E-state index contributed by atoms with van der Waals surface area (Å²) in [7, 11) is 0. The van der Waals surface area contributed by atoms with Gasteiger partial charge in [-0.25, -0.2) is 8.78 Å². The van der Waals surface area contributed by atoms with E-state index in [9.17, 15) is 13.6 Å². The number of halogens is 2. The average molecular weight is 341 g/mol. The number of benzene rings is 1. The van der Waals surface area contributed by atoms with Gasteiger partial charge in [0.2, 0.25) is 5.91 Å². The highest BCUT2D eigenvalue weighted by Gasteiger charge is 2.48. The van der Waals surface area contributed by atoms with E-state index in [4.69, 9.17) is 9.90 Å². The van der Waals surface area contributed by atoms with Gasteiger partial charge in [-0.15, -0.1) is 0 Å². The first-order valence-electron chi connectivity index (χ1n) is 8.23. The van der Waals surface area contributed by atoms with E-state index in [-0.39, 0.29) is 35.4 Å². The van der Waals surface area contributed by atoms with Gasteiger partial charge >= 0.3 is 0 Å². The van der Waals surface area contributed by atoms with Crippen LogP contribution in [0.15, 0.2) is 6.07 Å². The second-order valence-electron chi connectivity index (χ2n) is 6.04. The molecule has 0 radical (unpaired) electrons. The van der Waals surface area contributed by atoms with Gasteiger partial charge in [0.25, 0.3) is 6.47 Å². The number of rotatable bonds is 2. The first kappa shape index (κ1) is 20.1. The van der Waals surface area contributed by atoms with Crippen molar-refractivity contribution in [2.24, 2.45) is 0 Å². The highest BCUT2D eigenvalue weighted by Crippen LogP contribution is 2.49.